The number of nitrogens with one attached hydrogen (secondary N) is 1. The van der Waals surface area contributed by atoms with Crippen LogP contribution in [0.15, 0.2) is 22.6 Å². The molecule has 2 atom stereocenters. The van der Waals surface area contributed by atoms with E-state index in [0.29, 0.717) is 13.2 Å². The smallest absolute Gasteiger partial charge is 0.396 e. The van der Waals surface area contributed by atoms with E-state index in [0.717, 1.165) is 38.2 Å². The number of hydrogen-bond donors (Lipinski definition) is 1. The Bertz CT molecular complexity index is 1040. The lowest BCUT2D eigenvalue weighted by atomic mass is 10.0. The van der Waals surface area contributed by atoms with E-state index in [2.05, 4.69) is 10.3 Å². The molecule has 0 radical (unpaired) electrons. The average molecular weight is 500 g/mol. The van der Waals surface area contributed by atoms with Gasteiger partial charge in [-0.1, -0.05) is 6.92 Å². The fraction of sp³-hybridized carbons (Fsp3) is 0.583. The molecule has 4 rings (SSSR count). The Labute approximate surface area is 200 Å². The lowest BCUT2D eigenvalue weighted by Crippen LogP contribution is -2.32. The van der Waals surface area contributed by atoms with Gasteiger partial charge in [0.2, 0.25) is 0 Å². The summed E-state index contributed by atoms with van der Waals surface area (Å²) in [7, 11) is 1.61. The maximum Gasteiger partial charge on any atom is 0.396 e. The molecule has 1 saturated heterocycles. The number of amides is 1. The minimum Gasteiger partial charge on any atom is -0.487 e. The third-order valence-electron chi connectivity index (χ3n) is 6.37. The van der Waals surface area contributed by atoms with E-state index in [-0.39, 0.29) is 35.6 Å². The number of hydrogen-bond acceptors (Lipinski definition) is 6. The highest BCUT2D eigenvalue weighted by Crippen LogP contribution is 2.30. The number of oxazole rings is 1. The Kier molecular flexibility index (Phi) is 7.53. The minimum absolute atomic E-state index is 0.0435. The summed E-state index contributed by atoms with van der Waals surface area (Å²) in [5.41, 5.74) is -0.438. The molecule has 0 bridgehead atoms. The molecule has 2 aromatic rings. The van der Waals surface area contributed by atoms with Gasteiger partial charge in [-0.25, -0.2) is 4.39 Å². The number of aromatic nitrogens is 1. The number of rotatable bonds is 8. The predicted molar refractivity (Wildman–Crippen MR) is 120 cm³/mol. The second-order valence-electron chi connectivity index (χ2n) is 9.24. The largest absolute Gasteiger partial charge is 0.487 e. The maximum absolute atomic E-state index is 14.5. The highest BCUT2D eigenvalue weighted by atomic mass is 19.4. The molecule has 192 valence electrons. The fourth-order valence-corrected chi connectivity index (χ4v) is 4.37. The summed E-state index contributed by atoms with van der Waals surface area (Å²) < 4.78 is 70.6. The molecule has 35 heavy (non-hydrogen) atoms. The van der Waals surface area contributed by atoms with Gasteiger partial charge in [0.1, 0.15) is 12.2 Å². The molecule has 1 aromatic heterocycles. The number of ether oxygens (including phenoxy) is 2. The van der Waals surface area contributed by atoms with Crippen LogP contribution in [0.1, 0.15) is 55.3 Å². The van der Waals surface area contributed by atoms with Crippen LogP contribution in [-0.4, -0.2) is 49.5 Å². The second kappa shape index (κ2) is 10.4. The van der Waals surface area contributed by atoms with Crippen LogP contribution in [0.4, 0.5) is 29.3 Å². The number of benzene rings is 1. The van der Waals surface area contributed by atoms with Crippen LogP contribution in [0.2, 0.25) is 0 Å². The van der Waals surface area contributed by atoms with Gasteiger partial charge < -0.3 is 24.1 Å². The number of halogens is 4. The van der Waals surface area contributed by atoms with Gasteiger partial charge >= 0.3 is 6.18 Å². The van der Waals surface area contributed by atoms with Crippen molar-refractivity contribution in [3.63, 3.8) is 0 Å². The molecule has 2 aliphatic rings. The number of carbonyl (C=O) groups is 1. The first-order valence-corrected chi connectivity index (χ1v) is 11.8. The molecule has 2 heterocycles. The van der Waals surface area contributed by atoms with Crippen LogP contribution in [0, 0.1) is 11.7 Å². The minimum atomic E-state index is -4.61. The Morgan fingerprint density at radius 2 is 2.00 bits per heavy atom. The van der Waals surface area contributed by atoms with Gasteiger partial charge in [0, 0.05) is 32.0 Å². The number of nitrogens with zero attached hydrogens (tertiary/aromatic N) is 2. The molecule has 1 amide bonds. The molecule has 1 N–H and O–H groups in total. The van der Waals surface area contributed by atoms with Crippen LogP contribution in [0.5, 0.6) is 5.75 Å². The SMILES string of the molecule is C[C@H]1CCO[C@H]1CN(C)c1nc(C(=O)Nc2ccc(OC3CCCC3)c(F)c2)c(CC(F)(F)F)o1. The Hall–Kier alpha value is -2.82. The molecular formula is C24H29F4N3O4. The third kappa shape index (κ3) is 6.45. The van der Waals surface area contributed by atoms with Gasteiger partial charge in [-0.15, -0.1) is 0 Å². The van der Waals surface area contributed by atoms with Crippen molar-refractivity contribution in [1.29, 1.82) is 0 Å². The molecule has 1 aromatic carbocycles. The van der Waals surface area contributed by atoms with E-state index in [1.807, 2.05) is 6.92 Å². The fourth-order valence-electron chi connectivity index (χ4n) is 4.37. The Morgan fingerprint density at radius 1 is 1.26 bits per heavy atom. The number of carbonyl (C=O) groups excluding carboxylic acids is 1. The van der Waals surface area contributed by atoms with Crippen molar-refractivity contribution in [1.82, 2.24) is 4.98 Å². The second-order valence-corrected chi connectivity index (χ2v) is 9.24. The molecule has 1 saturated carbocycles. The van der Waals surface area contributed by atoms with Crippen LogP contribution in [-0.2, 0) is 11.2 Å². The van der Waals surface area contributed by atoms with Crippen molar-refractivity contribution < 1.29 is 36.2 Å². The summed E-state index contributed by atoms with van der Waals surface area (Å²) >= 11 is 0. The van der Waals surface area contributed by atoms with Crippen molar-refractivity contribution in [2.75, 3.05) is 30.4 Å². The molecule has 2 fully saturated rings. The summed E-state index contributed by atoms with van der Waals surface area (Å²) in [5.74, 6) is -1.86. The maximum atomic E-state index is 14.5. The van der Waals surface area contributed by atoms with Crippen molar-refractivity contribution in [2.45, 2.75) is 63.8 Å². The summed E-state index contributed by atoms with van der Waals surface area (Å²) in [4.78, 5) is 18.4. The number of alkyl halides is 3. The monoisotopic (exact) mass is 499 g/mol. The first kappa shape index (κ1) is 25.3. The first-order valence-electron chi connectivity index (χ1n) is 11.8. The summed E-state index contributed by atoms with van der Waals surface area (Å²) in [5, 5.41) is 2.41. The summed E-state index contributed by atoms with van der Waals surface area (Å²) in [6.45, 7) is 2.99. The van der Waals surface area contributed by atoms with Crippen LogP contribution < -0.4 is 15.0 Å². The van der Waals surface area contributed by atoms with E-state index in [1.54, 1.807) is 7.05 Å². The highest BCUT2D eigenvalue weighted by Gasteiger charge is 2.35. The highest BCUT2D eigenvalue weighted by molar-refractivity contribution is 6.03. The number of anilines is 2. The van der Waals surface area contributed by atoms with Gasteiger partial charge in [0.15, 0.2) is 17.3 Å². The zero-order valence-electron chi connectivity index (χ0n) is 19.7. The Morgan fingerprint density at radius 3 is 2.63 bits per heavy atom. The standard InChI is InChI=1S/C24H29F4N3O4/c1-14-9-10-33-20(14)13-31(2)23-30-21(19(35-23)12-24(26,27)28)22(32)29-15-7-8-18(17(25)11-15)34-16-5-3-4-6-16/h7-8,11,14,16,20H,3-6,9-10,12-13H2,1-2H3,(H,29,32)/t14-,20-/m0/s1. The lowest BCUT2D eigenvalue weighted by molar-refractivity contribution is -0.130. The van der Waals surface area contributed by atoms with Gasteiger partial charge in [-0.2, -0.15) is 18.2 Å². The Balaban J connectivity index is 1.49. The third-order valence-corrected chi connectivity index (χ3v) is 6.37. The molecule has 0 spiro atoms. The molecule has 1 aliphatic carbocycles. The van der Waals surface area contributed by atoms with Gasteiger partial charge in [-0.3, -0.25) is 4.79 Å². The molecule has 0 unspecified atom stereocenters. The van der Waals surface area contributed by atoms with Gasteiger partial charge in [0.05, 0.1) is 12.2 Å². The van der Waals surface area contributed by atoms with Gasteiger partial charge in [-0.05, 0) is 50.2 Å². The van der Waals surface area contributed by atoms with E-state index >= 15 is 0 Å². The quantitative estimate of drug-likeness (QED) is 0.494. The predicted octanol–water partition coefficient (Wildman–Crippen LogP) is 5.35. The normalized spacial score (nSPS) is 20.9. The average Bonchev–Trinajstić information content (AvgIpc) is 3.51. The van der Waals surface area contributed by atoms with Crippen molar-refractivity contribution in [3.05, 3.63) is 35.5 Å². The van der Waals surface area contributed by atoms with E-state index in [9.17, 15) is 22.4 Å². The molecular weight excluding hydrogens is 470 g/mol. The molecule has 7 nitrogen and oxygen atoms in total. The number of likely N-dealkylation sites (N-methyl/N-ethyl adjacent to an activating group) is 1. The van der Waals surface area contributed by atoms with E-state index in [1.165, 1.54) is 17.0 Å². The van der Waals surface area contributed by atoms with Crippen molar-refractivity contribution in [2.24, 2.45) is 5.92 Å². The summed E-state index contributed by atoms with van der Waals surface area (Å²) in [6, 6.07) is 3.77. The van der Waals surface area contributed by atoms with Gasteiger partial charge in [0.25, 0.3) is 11.9 Å². The molecule has 11 heteroatoms. The summed E-state index contributed by atoms with van der Waals surface area (Å²) in [6.07, 6.45) is -1.58. The topological polar surface area (TPSA) is 76.8 Å². The zero-order valence-corrected chi connectivity index (χ0v) is 19.7. The lowest BCUT2D eigenvalue weighted by Gasteiger charge is -2.21. The first-order chi connectivity index (χ1) is 16.6. The zero-order chi connectivity index (χ0) is 25.2. The van der Waals surface area contributed by atoms with Crippen LogP contribution >= 0.6 is 0 Å². The van der Waals surface area contributed by atoms with E-state index in [4.69, 9.17) is 13.9 Å². The van der Waals surface area contributed by atoms with Crippen molar-refractivity contribution in [3.8, 4) is 5.75 Å². The van der Waals surface area contributed by atoms with Crippen molar-refractivity contribution >= 4 is 17.6 Å². The van der Waals surface area contributed by atoms with E-state index < -0.39 is 35.8 Å². The van der Waals surface area contributed by atoms with Crippen LogP contribution in [0.3, 0.4) is 0 Å². The molecule has 1 aliphatic heterocycles. The van der Waals surface area contributed by atoms with Crippen LogP contribution in [0.25, 0.3) is 0 Å².